The number of carbonyl (C=O) groups is 2. The van der Waals surface area contributed by atoms with Crippen LogP contribution < -0.4 is 14.8 Å². The molecule has 6 nitrogen and oxygen atoms in total. The lowest BCUT2D eigenvalue weighted by Gasteiger charge is -2.27. The van der Waals surface area contributed by atoms with Crippen molar-refractivity contribution in [3.8, 4) is 11.5 Å². The van der Waals surface area contributed by atoms with E-state index >= 15 is 0 Å². The summed E-state index contributed by atoms with van der Waals surface area (Å²) in [6.45, 7) is 4.95. The van der Waals surface area contributed by atoms with Gasteiger partial charge in [0.25, 0.3) is 5.91 Å². The molecule has 6 heteroatoms. The quantitative estimate of drug-likeness (QED) is 0.834. The Morgan fingerprint density at radius 2 is 1.81 bits per heavy atom. The van der Waals surface area contributed by atoms with Gasteiger partial charge in [-0.05, 0) is 17.5 Å². The topological polar surface area (TPSA) is 84.9 Å². The number of nitrogens with one attached hydrogen (secondary N) is 1. The highest BCUT2D eigenvalue weighted by atomic mass is 16.5. The molecule has 1 aromatic rings. The number of amides is 1. The molecule has 1 amide bonds. The van der Waals surface area contributed by atoms with E-state index in [1.807, 2.05) is 0 Å². The summed E-state index contributed by atoms with van der Waals surface area (Å²) in [7, 11) is 1.50. The molecule has 1 rings (SSSR count). The number of hydrogen-bond acceptors (Lipinski definition) is 4. The Bertz CT molecular complexity index is 507. The van der Waals surface area contributed by atoms with Crippen LogP contribution in [0.2, 0.25) is 0 Å². The molecule has 0 aliphatic heterocycles. The van der Waals surface area contributed by atoms with Gasteiger partial charge in [0.2, 0.25) is 0 Å². The van der Waals surface area contributed by atoms with E-state index in [2.05, 4.69) is 5.32 Å². The molecule has 1 atom stereocenters. The van der Waals surface area contributed by atoms with Crippen molar-refractivity contribution in [1.29, 1.82) is 0 Å². The van der Waals surface area contributed by atoms with Crippen LogP contribution in [-0.2, 0) is 9.59 Å². The van der Waals surface area contributed by atoms with Crippen LogP contribution in [0.15, 0.2) is 24.3 Å². The van der Waals surface area contributed by atoms with E-state index in [0.717, 1.165) is 0 Å². The van der Waals surface area contributed by atoms with Gasteiger partial charge in [-0.15, -0.1) is 0 Å². The van der Waals surface area contributed by atoms with Crippen molar-refractivity contribution in [1.82, 2.24) is 5.32 Å². The number of rotatable bonds is 6. The van der Waals surface area contributed by atoms with Gasteiger partial charge in [0.15, 0.2) is 18.1 Å². The number of methoxy groups -OCH3 is 1. The first-order valence-corrected chi connectivity index (χ1v) is 6.53. The summed E-state index contributed by atoms with van der Waals surface area (Å²) in [5.41, 5.74) is -0.591. The van der Waals surface area contributed by atoms with E-state index in [1.165, 1.54) is 7.11 Å². The van der Waals surface area contributed by atoms with E-state index in [4.69, 9.17) is 14.6 Å². The standard InChI is InChI=1S/C15H21NO5/c1-15(2,3)13(14(18)19)16-12(17)9-21-11-8-6-5-7-10(11)20-4/h5-8,13H,9H2,1-4H3,(H,16,17)(H,18,19)/t13-/m0/s1. The molecule has 0 spiro atoms. The molecule has 0 heterocycles. The van der Waals surface area contributed by atoms with Crippen LogP contribution in [0.1, 0.15) is 20.8 Å². The highest BCUT2D eigenvalue weighted by Crippen LogP contribution is 2.25. The average molecular weight is 295 g/mol. The third-order valence-electron chi connectivity index (χ3n) is 2.85. The van der Waals surface area contributed by atoms with Crippen molar-refractivity contribution in [2.45, 2.75) is 26.8 Å². The number of ether oxygens (including phenoxy) is 2. The monoisotopic (exact) mass is 295 g/mol. The number of benzene rings is 1. The van der Waals surface area contributed by atoms with Crippen molar-refractivity contribution in [3.05, 3.63) is 24.3 Å². The van der Waals surface area contributed by atoms with Crippen LogP contribution in [0.5, 0.6) is 11.5 Å². The fourth-order valence-corrected chi connectivity index (χ4v) is 1.73. The lowest BCUT2D eigenvalue weighted by atomic mass is 9.87. The Kier molecular flexibility index (Phi) is 5.58. The van der Waals surface area contributed by atoms with Gasteiger partial charge in [0, 0.05) is 0 Å². The van der Waals surface area contributed by atoms with Crippen LogP contribution in [-0.4, -0.2) is 36.7 Å². The van der Waals surface area contributed by atoms with E-state index in [1.54, 1.807) is 45.0 Å². The summed E-state index contributed by atoms with van der Waals surface area (Å²) in [6.07, 6.45) is 0. The Morgan fingerprint density at radius 3 is 2.29 bits per heavy atom. The van der Waals surface area contributed by atoms with E-state index in [-0.39, 0.29) is 6.61 Å². The van der Waals surface area contributed by atoms with Gasteiger partial charge in [-0.2, -0.15) is 0 Å². The van der Waals surface area contributed by atoms with Gasteiger partial charge < -0.3 is 19.9 Å². The molecule has 0 fully saturated rings. The lowest BCUT2D eigenvalue weighted by Crippen LogP contribution is -2.50. The summed E-state index contributed by atoms with van der Waals surface area (Å²) in [5, 5.41) is 11.6. The Hall–Kier alpha value is -2.24. The first-order valence-electron chi connectivity index (χ1n) is 6.53. The highest BCUT2D eigenvalue weighted by molar-refractivity contribution is 5.84. The van der Waals surface area contributed by atoms with Crippen LogP contribution in [0, 0.1) is 5.41 Å². The molecule has 21 heavy (non-hydrogen) atoms. The fourth-order valence-electron chi connectivity index (χ4n) is 1.73. The van der Waals surface area contributed by atoms with Gasteiger partial charge in [-0.25, -0.2) is 4.79 Å². The number of carboxylic acid groups (broad SMARTS) is 1. The zero-order chi connectivity index (χ0) is 16.0. The van der Waals surface area contributed by atoms with Crippen molar-refractivity contribution < 1.29 is 24.2 Å². The van der Waals surface area contributed by atoms with Crippen molar-refractivity contribution >= 4 is 11.9 Å². The summed E-state index contributed by atoms with van der Waals surface area (Å²) in [5.74, 6) is -0.634. The second kappa shape index (κ2) is 6.97. The van der Waals surface area contributed by atoms with Gasteiger partial charge in [0.05, 0.1) is 7.11 Å². The molecule has 0 unspecified atom stereocenters. The smallest absolute Gasteiger partial charge is 0.326 e. The van der Waals surface area contributed by atoms with Crippen LogP contribution in [0.3, 0.4) is 0 Å². The summed E-state index contributed by atoms with van der Waals surface area (Å²) >= 11 is 0. The first kappa shape index (κ1) is 16.8. The minimum absolute atomic E-state index is 0.278. The zero-order valence-electron chi connectivity index (χ0n) is 12.7. The number of aliphatic carboxylic acids is 1. The molecule has 0 aromatic heterocycles. The molecular weight excluding hydrogens is 274 g/mol. The van der Waals surface area contributed by atoms with Gasteiger partial charge in [-0.3, -0.25) is 4.79 Å². The Balaban J connectivity index is 2.63. The van der Waals surface area contributed by atoms with Gasteiger partial charge in [0.1, 0.15) is 6.04 Å². The maximum absolute atomic E-state index is 11.8. The first-order chi connectivity index (χ1) is 9.75. The molecule has 0 aliphatic rings. The molecule has 0 saturated carbocycles. The number of carboxylic acids is 1. The van der Waals surface area contributed by atoms with E-state index in [9.17, 15) is 9.59 Å². The second-order valence-corrected chi connectivity index (χ2v) is 5.64. The van der Waals surface area contributed by atoms with Crippen LogP contribution in [0.25, 0.3) is 0 Å². The SMILES string of the molecule is COc1ccccc1OCC(=O)N[C@@H](C(=O)O)C(C)(C)C. The van der Waals surface area contributed by atoms with Gasteiger partial charge >= 0.3 is 5.97 Å². The molecule has 0 radical (unpaired) electrons. The minimum atomic E-state index is -1.08. The maximum atomic E-state index is 11.8. The van der Waals surface area contributed by atoms with Crippen molar-refractivity contribution in [2.75, 3.05) is 13.7 Å². The van der Waals surface area contributed by atoms with Crippen molar-refractivity contribution in [2.24, 2.45) is 5.41 Å². The molecule has 116 valence electrons. The molecule has 0 bridgehead atoms. The van der Waals surface area contributed by atoms with Crippen LogP contribution in [0.4, 0.5) is 0 Å². The third-order valence-corrected chi connectivity index (χ3v) is 2.85. The summed E-state index contributed by atoms with van der Waals surface area (Å²) in [4.78, 5) is 23.0. The highest BCUT2D eigenvalue weighted by Gasteiger charge is 2.32. The van der Waals surface area contributed by atoms with Crippen LogP contribution >= 0.6 is 0 Å². The lowest BCUT2D eigenvalue weighted by molar-refractivity contribution is -0.145. The predicted octanol–water partition coefficient (Wildman–Crippen LogP) is 1.69. The fraction of sp³-hybridized carbons (Fsp3) is 0.467. The summed E-state index contributed by atoms with van der Waals surface area (Å²) < 4.78 is 10.5. The molecule has 1 aromatic carbocycles. The van der Waals surface area contributed by atoms with Gasteiger partial charge in [-0.1, -0.05) is 32.9 Å². The summed E-state index contributed by atoms with van der Waals surface area (Å²) in [6, 6.07) is 5.94. The number of carbonyl (C=O) groups excluding carboxylic acids is 1. The number of hydrogen-bond donors (Lipinski definition) is 2. The average Bonchev–Trinajstić information content (AvgIpc) is 2.41. The Labute approximate surface area is 124 Å². The maximum Gasteiger partial charge on any atom is 0.326 e. The second-order valence-electron chi connectivity index (χ2n) is 5.64. The minimum Gasteiger partial charge on any atom is -0.493 e. The Morgan fingerprint density at radius 1 is 1.24 bits per heavy atom. The van der Waals surface area contributed by atoms with E-state index < -0.39 is 23.3 Å². The normalized spacial score (nSPS) is 12.4. The third kappa shape index (κ3) is 4.98. The number of para-hydroxylation sites is 2. The molecule has 0 saturated heterocycles. The van der Waals surface area contributed by atoms with Crippen molar-refractivity contribution in [3.63, 3.8) is 0 Å². The zero-order valence-corrected chi connectivity index (χ0v) is 12.7. The molecule has 2 N–H and O–H groups in total. The molecule has 0 aliphatic carbocycles. The van der Waals surface area contributed by atoms with E-state index in [0.29, 0.717) is 11.5 Å². The molecular formula is C15H21NO5. The predicted molar refractivity (Wildman–Crippen MR) is 77.5 cm³/mol. The largest absolute Gasteiger partial charge is 0.493 e.